The van der Waals surface area contributed by atoms with Crippen LogP contribution in [0.4, 0.5) is 0 Å². The monoisotopic (exact) mass is 236 g/mol. The van der Waals surface area contributed by atoms with Crippen LogP contribution in [0.1, 0.15) is 50.7 Å². The van der Waals surface area contributed by atoms with Gasteiger partial charge in [0.1, 0.15) is 12.1 Å². The Hall–Kier alpha value is -1.65. The average molecular weight is 237 g/mol. The van der Waals surface area contributed by atoms with Gasteiger partial charge in [-0.05, 0) is 5.92 Å². The van der Waals surface area contributed by atoms with Crippen LogP contribution in [0.15, 0.2) is 0 Å². The summed E-state index contributed by atoms with van der Waals surface area (Å²) >= 11 is 5.80. The van der Waals surface area contributed by atoms with E-state index in [0.29, 0.717) is 5.69 Å². The molecule has 16 heavy (non-hydrogen) atoms. The molecule has 0 N–H and O–H groups in total. The van der Waals surface area contributed by atoms with Gasteiger partial charge in [0.2, 0.25) is 0 Å². The first kappa shape index (κ1) is 14.3. The minimum absolute atomic E-state index is 0.0260. The second-order valence-electron chi connectivity index (χ2n) is 2.98. The number of nitriles is 2. The number of rotatable bonds is 1. The maximum absolute atomic E-state index is 8.70. The van der Waals surface area contributed by atoms with Crippen LogP contribution >= 0.6 is 11.6 Å². The molecule has 84 valence electrons. The van der Waals surface area contributed by atoms with Gasteiger partial charge in [0.15, 0.2) is 16.5 Å². The van der Waals surface area contributed by atoms with Gasteiger partial charge in [0.25, 0.3) is 0 Å². The summed E-state index contributed by atoms with van der Waals surface area (Å²) in [5, 5.41) is 17.5. The zero-order chi connectivity index (χ0) is 12.7. The summed E-state index contributed by atoms with van der Waals surface area (Å²) in [5.74, 6) is 0.0786. The standard InChI is InChI=1S/C9H7ClN4.C2H6/c1-5(2)8-9(10)14-7(4-12)6(3-11)13-8;1-2/h5H,1-2H3;1-2H3. The number of hydrogen-bond acceptors (Lipinski definition) is 4. The predicted molar refractivity (Wildman–Crippen MR) is 61.9 cm³/mol. The van der Waals surface area contributed by atoms with Crippen molar-refractivity contribution in [3.05, 3.63) is 22.2 Å². The average Bonchev–Trinajstić information content (AvgIpc) is 2.30. The van der Waals surface area contributed by atoms with E-state index in [2.05, 4.69) is 9.97 Å². The Bertz CT molecular complexity index is 441. The molecule has 0 aromatic carbocycles. The zero-order valence-corrected chi connectivity index (χ0v) is 10.5. The quantitative estimate of drug-likeness (QED) is 0.751. The molecule has 0 saturated carbocycles. The van der Waals surface area contributed by atoms with Gasteiger partial charge in [-0.1, -0.05) is 39.3 Å². The van der Waals surface area contributed by atoms with Crippen molar-refractivity contribution in [3.8, 4) is 12.1 Å². The van der Waals surface area contributed by atoms with Crippen molar-refractivity contribution < 1.29 is 0 Å². The van der Waals surface area contributed by atoms with Gasteiger partial charge >= 0.3 is 0 Å². The Kier molecular flexibility index (Phi) is 6.07. The Morgan fingerprint density at radius 3 is 1.88 bits per heavy atom. The van der Waals surface area contributed by atoms with Crippen molar-refractivity contribution >= 4 is 11.6 Å². The van der Waals surface area contributed by atoms with Crippen LogP contribution in [0.2, 0.25) is 5.15 Å². The van der Waals surface area contributed by atoms with Gasteiger partial charge in [-0.25, -0.2) is 9.97 Å². The van der Waals surface area contributed by atoms with Crippen molar-refractivity contribution in [3.63, 3.8) is 0 Å². The SMILES string of the molecule is CC.CC(C)c1nc(C#N)c(C#N)nc1Cl. The van der Waals surface area contributed by atoms with Crippen LogP contribution in [0, 0.1) is 22.7 Å². The van der Waals surface area contributed by atoms with Crippen molar-refractivity contribution in [1.29, 1.82) is 10.5 Å². The molecule has 0 spiro atoms. The van der Waals surface area contributed by atoms with Gasteiger partial charge in [0.05, 0.1) is 5.69 Å². The number of nitrogens with zero attached hydrogens (tertiary/aromatic N) is 4. The van der Waals surface area contributed by atoms with Crippen LogP contribution in [0.3, 0.4) is 0 Å². The number of hydrogen-bond donors (Lipinski definition) is 0. The molecule has 0 saturated heterocycles. The number of aromatic nitrogens is 2. The third kappa shape index (κ3) is 3.18. The highest BCUT2D eigenvalue weighted by Crippen LogP contribution is 2.21. The third-order valence-electron chi connectivity index (χ3n) is 1.64. The largest absolute Gasteiger partial charge is 0.236 e. The molecule has 0 aliphatic carbocycles. The van der Waals surface area contributed by atoms with E-state index in [4.69, 9.17) is 22.1 Å². The summed E-state index contributed by atoms with van der Waals surface area (Å²) in [6.45, 7) is 7.78. The molecule has 0 radical (unpaired) electrons. The normalized spacial score (nSPS) is 8.75. The molecule has 0 aliphatic heterocycles. The lowest BCUT2D eigenvalue weighted by molar-refractivity contribution is 0.806. The molecule has 0 amide bonds. The summed E-state index contributed by atoms with van der Waals surface area (Å²) in [7, 11) is 0. The van der Waals surface area contributed by atoms with Crippen LogP contribution in [-0.2, 0) is 0 Å². The highest BCUT2D eigenvalue weighted by Gasteiger charge is 2.13. The van der Waals surface area contributed by atoms with E-state index < -0.39 is 0 Å². The summed E-state index contributed by atoms with van der Waals surface area (Å²) < 4.78 is 0. The summed E-state index contributed by atoms with van der Waals surface area (Å²) in [5.41, 5.74) is 0.546. The minimum atomic E-state index is -0.0260. The molecule has 1 rings (SSSR count). The molecular weight excluding hydrogens is 224 g/mol. The molecule has 0 unspecified atom stereocenters. The first-order valence-corrected chi connectivity index (χ1v) is 5.35. The van der Waals surface area contributed by atoms with Gasteiger partial charge < -0.3 is 0 Å². The molecule has 1 aromatic heterocycles. The lowest BCUT2D eigenvalue weighted by Gasteiger charge is -2.06. The smallest absolute Gasteiger partial charge is 0.178 e. The first-order valence-electron chi connectivity index (χ1n) is 4.97. The lowest BCUT2D eigenvalue weighted by Crippen LogP contribution is -2.02. The maximum Gasteiger partial charge on any atom is 0.178 e. The molecule has 5 heteroatoms. The van der Waals surface area contributed by atoms with Crippen LogP contribution in [0.5, 0.6) is 0 Å². The molecule has 1 heterocycles. The minimum Gasteiger partial charge on any atom is -0.236 e. The van der Waals surface area contributed by atoms with E-state index in [9.17, 15) is 0 Å². The molecule has 0 fully saturated rings. The van der Waals surface area contributed by atoms with Gasteiger partial charge in [-0.2, -0.15) is 10.5 Å². The Balaban J connectivity index is 0.00000106. The molecule has 4 nitrogen and oxygen atoms in total. The summed E-state index contributed by atoms with van der Waals surface area (Å²) in [4.78, 5) is 7.79. The van der Waals surface area contributed by atoms with Crippen molar-refractivity contribution in [1.82, 2.24) is 9.97 Å². The van der Waals surface area contributed by atoms with Crippen molar-refractivity contribution in [2.45, 2.75) is 33.6 Å². The van der Waals surface area contributed by atoms with E-state index in [1.807, 2.05) is 33.8 Å². The Morgan fingerprint density at radius 1 is 1.06 bits per heavy atom. The second-order valence-corrected chi connectivity index (χ2v) is 3.33. The van der Waals surface area contributed by atoms with Gasteiger partial charge in [0, 0.05) is 0 Å². The Labute approximate surface area is 101 Å². The molecule has 0 atom stereocenters. The fraction of sp³-hybridized carbons (Fsp3) is 0.455. The van der Waals surface area contributed by atoms with Crippen LogP contribution in [0.25, 0.3) is 0 Å². The van der Waals surface area contributed by atoms with Gasteiger partial charge in [-0.15, -0.1) is 0 Å². The molecular formula is C11H13ClN4. The summed E-state index contributed by atoms with van der Waals surface area (Å²) in [6.07, 6.45) is 0. The van der Waals surface area contributed by atoms with E-state index >= 15 is 0 Å². The first-order chi connectivity index (χ1) is 7.60. The van der Waals surface area contributed by atoms with E-state index in [1.165, 1.54) is 0 Å². The highest BCUT2D eigenvalue weighted by atomic mass is 35.5. The predicted octanol–water partition coefficient (Wildman–Crippen LogP) is 3.02. The van der Waals surface area contributed by atoms with E-state index in [0.717, 1.165) is 0 Å². The van der Waals surface area contributed by atoms with Crippen molar-refractivity contribution in [2.75, 3.05) is 0 Å². The highest BCUT2D eigenvalue weighted by molar-refractivity contribution is 6.30. The topological polar surface area (TPSA) is 73.4 Å². The molecule has 0 aliphatic rings. The van der Waals surface area contributed by atoms with E-state index in [-0.39, 0.29) is 22.5 Å². The molecule has 0 bridgehead atoms. The summed E-state index contributed by atoms with van der Waals surface area (Å²) in [6, 6.07) is 3.59. The van der Waals surface area contributed by atoms with Crippen molar-refractivity contribution in [2.24, 2.45) is 0 Å². The van der Waals surface area contributed by atoms with Gasteiger partial charge in [-0.3, -0.25) is 0 Å². The fourth-order valence-electron chi connectivity index (χ4n) is 0.951. The Morgan fingerprint density at radius 2 is 1.50 bits per heavy atom. The third-order valence-corrected chi connectivity index (χ3v) is 1.91. The fourth-order valence-corrected chi connectivity index (χ4v) is 1.30. The maximum atomic E-state index is 8.70. The van der Waals surface area contributed by atoms with E-state index in [1.54, 1.807) is 6.07 Å². The molecule has 1 aromatic rings. The van der Waals surface area contributed by atoms with Crippen LogP contribution < -0.4 is 0 Å². The van der Waals surface area contributed by atoms with Crippen LogP contribution in [-0.4, -0.2) is 9.97 Å². The zero-order valence-electron chi connectivity index (χ0n) is 9.74. The lowest BCUT2D eigenvalue weighted by atomic mass is 10.1. The second kappa shape index (κ2) is 6.76. The number of halogens is 1.